The fourth-order valence-electron chi connectivity index (χ4n) is 2.65. The first-order chi connectivity index (χ1) is 14.7. The molecule has 0 saturated carbocycles. The van der Waals surface area contributed by atoms with Crippen LogP contribution < -0.4 is 10.6 Å². The molecule has 0 bridgehead atoms. The van der Waals surface area contributed by atoms with Crippen molar-refractivity contribution in [1.29, 1.82) is 0 Å². The number of hydrogen-bond acceptors (Lipinski definition) is 6. The molecule has 2 heterocycles. The minimum Gasteiger partial charge on any atom is -0.472 e. The fraction of sp³-hybridized carbons (Fsp3) is 0.455. The Morgan fingerprint density at radius 2 is 2.03 bits per heavy atom. The summed E-state index contributed by atoms with van der Waals surface area (Å²) in [4.78, 5) is 42.5. The summed E-state index contributed by atoms with van der Waals surface area (Å²) in [6.45, 7) is 8.12. The number of aromatic nitrogens is 1. The van der Waals surface area contributed by atoms with Gasteiger partial charge in [-0.1, -0.05) is 6.07 Å². The molecule has 3 amide bonds. The lowest BCUT2D eigenvalue weighted by atomic mass is 10.2. The number of rotatable bonds is 9. The van der Waals surface area contributed by atoms with Crippen molar-refractivity contribution in [2.75, 3.05) is 13.1 Å². The van der Waals surface area contributed by atoms with Gasteiger partial charge < -0.3 is 24.7 Å². The molecule has 9 heteroatoms. The molecule has 0 radical (unpaired) electrons. The van der Waals surface area contributed by atoms with Crippen LogP contribution in [0.1, 0.15) is 50.0 Å². The highest BCUT2D eigenvalue weighted by molar-refractivity contribution is 5.97. The third-order valence-electron chi connectivity index (χ3n) is 4.18. The van der Waals surface area contributed by atoms with E-state index < -0.39 is 17.7 Å². The maximum Gasteiger partial charge on any atom is 0.410 e. The average Bonchev–Trinajstić information content (AvgIpc) is 3.24. The van der Waals surface area contributed by atoms with E-state index in [1.165, 1.54) is 18.6 Å². The smallest absolute Gasteiger partial charge is 0.410 e. The first-order valence-electron chi connectivity index (χ1n) is 10.1. The predicted octanol–water partition coefficient (Wildman–Crippen LogP) is 2.74. The van der Waals surface area contributed by atoms with Crippen LogP contribution in [0.15, 0.2) is 47.5 Å². The Labute approximate surface area is 182 Å². The Balaban J connectivity index is 1.82. The number of carbonyl (C=O) groups excluding carboxylic acids is 3. The van der Waals surface area contributed by atoms with E-state index in [0.29, 0.717) is 31.6 Å². The number of nitrogens with one attached hydrogen (secondary N) is 2. The Morgan fingerprint density at radius 1 is 1.26 bits per heavy atom. The zero-order chi connectivity index (χ0) is 22.9. The van der Waals surface area contributed by atoms with E-state index in [1.807, 2.05) is 32.9 Å². The number of amides is 3. The second kappa shape index (κ2) is 11.1. The number of carbonyl (C=O) groups is 3. The molecule has 0 aliphatic carbocycles. The number of nitrogens with zero attached hydrogens (tertiary/aromatic N) is 2. The molecule has 9 nitrogen and oxygen atoms in total. The molecule has 0 saturated heterocycles. The molecule has 168 valence electrons. The lowest BCUT2D eigenvalue weighted by molar-refractivity contribution is -0.122. The molecule has 0 aliphatic rings. The van der Waals surface area contributed by atoms with Gasteiger partial charge in [0, 0.05) is 25.5 Å². The van der Waals surface area contributed by atoms with Crippen molar-refractivity contribution in [2.45, 2.75) is 52.3 Å². The SMILES string of the molecule is CC(NC(=O)c1ccoc1)C(=O)NCCCN(Cc1cccnc1)C(=O)OC(C)(C)C. The van der Waals surface area contributed by atoms with E-state index in [-0.39, 0.29) is 11.8 Å². The molecule has 0 fully saturated rings. The number of hydrogen-bond donors (Lipinski definition) is 2. The topological polar surface area (TPSA) is 114 Å². The van der Waals surface area contributed by atoms with Gasteiger partial charge in [-0.2, -0.15) is 0 Å². The molecule has 0 aromatic carbocycles. The quantitative estimate of drug-likeness (QED) is 0.592. The van der Waals surface area contributed by atoms with Gasteiger partial charge in [0.15, 0.2) is 0 Å². The molecule has 2 rings (SSSR count). The minimum atomic E-state index is -0.709. The maximum absolute atomic E-state index is 12.6. The van der Waals surface area contributed by atoms with Crippen LogP contribution in [-0.2, 0) is 16.1 Å². The highest BCUT2D eigenvalue weighted by Crippen LogP contribution is 2.12. The van der Waals surface area contributed by atoms with Gasteiger partial charge in [0.05, 0.1) is 18.4 Å². The van der Waals surface area contributed by atoms with E-state index in [4.69, 9.17) is 9.15 Å². The summed E-state index contributed by atoms with van der Waals surface area (Å²) in [5, 5.41) is 5.38. The zero-order valence-electron chi connectivity index (χ0n) is 18.4. The molecule has 0 spiro atoms. The van der Waals surface area contributed by atoms with E-state index in [0.717, 1.165) is 5.56 Å². The third-order valence-corrected chi connectivity index (χ3v) is 4.18. The summed E-state index contributed by atoms with van der Waals surface area (Å²) in [6, 6.07) is 4.51. The van der Waals surface area contributed by atoms with Gasteiger partial charge in [0.2, 0.25) is 5.91 Å². The van der Waals surface area contributed by atoms with Gasteiger partial charge in [-0.3, -0.25) is 14.6 Å². The number of ether oxygens (including phenoxy) is 1. The molecular weight excluding hydrogens is 400 g/mol. The molecule has 31 heavy (non-hydrogen) atoms. The lowest BCUT2D eigenvalue weighted by Crippen LogP contribution is -2.45. The molecule has 1 unspecified atom stereocenters. The van der Waals surface area contributed by atoms with Gasteiger partial charge in [-0.15, -0.1) is 0 Å². The Kier molecular flexibility index (Phi) is 8.60. The summed E-state index contributed by atoms with van der Waals surface area (Å²) in [6.07, 6.45) is 6.17. The lowest BCUT2D eigenvalue weighted by Gasteiger charge is -2.27. The Hall–Kier alpha value is -3.36. The van der Waals surface area contributed by atoms with Crippen molar-refractivity contribution in [1.82, 2.24) is 20.5 Å². The molecule has 2 aromatic rings. The normalized spacial score (nSPS) is 12.0. The zero-order valence-corrected chi connectivity index (χ0v) is 18.4. The standard InChI is InChI=1S/C22H30N4O5/c1-16(25-20(28)18-8-12-30-15-18)19(27)24-10-6-11-26(21(29)31-22(2,3)4)14-17-7-5-9-23-13-17/h5,7-9,12-13,15-16H,6,10-11,14H2,1-4H3,(H,24,27)(H,25,28). The van der Waals surface area contributed by atoms with E-state index in [2.05, 4.69) is 15.6 Å². The summed E-state index contributed by atoms with van der Waals surface area (Å²) >= 11 is 0. The second-order valence-corrected chi connectivity index (χ2v) is 8.11. The van der Waals surface area contributed by atoms with Crippen LogP contribution >= 0.6 is 0 Å². The van der Waals surface area contributed by atoms with Crippen molar-refractivity contribution >= 4 is 17.9 Å². The summed E-state index contributed by atoms with van der Waals surface area (Å²) in [7, 11) is 0. The third kappa shape index (κ3) is 8.49. The molecule has 1 atom stereocenters. The average molecular weight is 431 g/mol. The second-order valence-electron chi connectivity index (χ2n) is 8.11. The van der Waals surface area contributed by atoms with E-state index >= 15 is 0 Å². The van der Waals surface area contributed by atoms with Crippen LogP contribution in [0.2, 0.25) is 0 Å². The predicted molar refractivity (Wildman–Crippen MR) is 114 cm³/mol. The summed E-state index contributed by atoms with van der Waals surface area (Å²) < 4.78 is 10.4. The van der Waals surface area contributed by atoms with Gasteiger partial charge in [0.1, 0.15) is 17.9 Å². The maximum atomic E-state index is 12.6. The van der Waals surface area contributed by atoms with Crippen LogP contribution in [0, 0.1) is 0 Å². The monoisotopic (exact) mass is 430 g/mol. The van der Waals surface area contributed by atoms with Crippen molar-refractivity contribution in [3.63, 3.8) is 0 Å². The Morgan fingerprint density at radius 3 is 2.65 bits per heavy atom. The van der Waals surface area contributed by atoms with Crippen molar-refractivity contribution in [2.24, 2.45) is 0 Å². The van der Waals surface area contributed by atoms with E-state index in [9.17, 15) is 14.4 Å². The van der Waals surface area contributed by atoms with Crippen molar-refractivity contribution in [3.05, 3.63) is 54.2 Å². The Bertz CT molecular complexity index is 847. The first-order valence-corrected chi connectivity index (χ1v) is 10.1. The van der Waals surface area contributed by atoms with Gasteiger partial charge in [-0.05, 0) is 51.8 Å². The molecule has 0 aliphatic heterocycles. The molecule has 2 N–H and O–H groups in total. The fourth-order valence-corrected chi connectivity index (χ4v) is 2.65. The van der Waals surface area contributed by atoms with Crippen LogP contribution in [0.5, 0.6) is 0 Å². The van der Waals surface area contributed by atoms with E-state index in [1.54, 1.807) is 24.2 Å². The first kappa shape index (κ1) is 23.9. The van der Waals surface area contributed by atoms with Crippen LogP contribution in [0.25, 0.3) is 0 Å². The van der Waals surface area contributed by atoms with Crippen LogP contribution in [0.4, 0.5) is 4.79 Å². The highest BCUT2D eigenvalue weighted by Gasteiger charge is 2.22. The number of furan rings is 1. The molecular formula is C22H30N4O5. The van der Waals surface area contributed by atoms with Crippen molar-refractivity contribution < 1.29 is 23.5 Å². The highest BCUT2D eigenvalue weighted by atomic mass is 16.6. The van der Waals surface area contributed by atoms with Crippen LogP contribution in [-0.4, -0.2) is 52.5 Å². The van der Waals surface area contributed by atoms with Gasteiger partial charge in [-0.25, -0.2) is 4.79 Å². The van der Waals surface area contributed by atoms with Gasteiger partial charge >= 0.3 is 6.09 Å². The summed E-state index contributed by atoms with van der Waals surface area (Å²) in [5.41, 5.74) is 0.622. The van der Waals surface area contributed by atoms with Crippen LogP contribution in [0.3, 0.4) is 0 Å². The summed E-state index contributed by atoms with van der Waals surface area (Å²) in [5.74, 6) is -0.697. The van der Waals surface area contributed by atoms with Crippen molar-refractivity contribution in [3.8, 4) is 0 Å². The minimum absolute atomic E-state index is 0.312. The molecule has 2 aromatic heterocycles. The number of pyridine rings is 1. The largest absolute Gasteiger partial charge is 0.472 e. The van der Waals surface area contributed by atoms with Gasteiger partial charge in [0.25, 0.3) is 5.91 Å².